The third kappa shape index (κ3) is 14.9. The average Bonchev–Trinajstić information content (AvgIpc) is 2.75. The Balaban J connectivity index is 2.47. The molecule has 0 aliphatic rings. The van der Waals surface area contributed by atoms with Crippen LogP contribution in [0.1, 0.15) is 56.7 Å². The van der Waals surface area contributed by atoms with E-state index in [1.165, 1.54) is 36.0 Å². The summed E-state index contributed by atoms with van der Waals surface area (Å²) in [5, 5.41) is 21.1. The first-order chi connectivity index (χ1) is 14.8. The summed E-state index contributed by atoms with van der Waals surface area (Å²) in [6.45, 7) is 18.8. The molecule has 1 rings (SSSR count). The summed E-state index contributed by atoms with van der Waals surface area (Å²) in [4.78, 5) is 0. The van der Waals surface area contributed by atoms with Gasteiger partial charge in [-0.15, -0.1) is 0 Å². The normalized spacial score (nSPS) is 11.3. The molecule has 1 aromatic rings. The molecular formula is C24H48N6. The maximum atomic E-state index is 3.57. The third-order valence-corrected chi connectivity index (χ3v) is 4.82. The lowest BCUT2D eigenvalue weighted by Crippen LogP contribution is -2.29. The van der Waals surface area contributed by atoms with Gasteiger partial charge in [-0.2, -0.15) is 0 Å². The molecule has 0 aromatic heterocycles. The lowest BCUT2D eigenvalue weighted by Gasteiger charge is -2.13. The molecule has 0 unspecified atom stereocenters. The highest BCUT2D eigenvalue weighted by molar-refractivity contribution is 5.30. The third-order valence-electron chi connectivity index (χ3n) is 4.82. The van der Waals surface area contributed by atoms with Crippen molar-refractivity contribution in [1.29, 1.82) is 0 Å². The minimum atomic E-state index is 0.921. The second-order valence-corrected chi connectivity index (χ2v) is 7.94. The molecule has 174 valence electrons. The van der Waals surface area contributed by atoms with Crippen LogP contribution >= 0.6 is 0 Å². The van der Waals surface area contributed by atoms with Crippen molar-refractivity contribution in [3.63, 3.8) is 0 Å². The molecule has 1 aromatic carbocycles. The highest BCUT2D eigenvalue weighted by Gasteiger charge is 2.02. The molecule has 0 heterocycles. The van der Waals surface area contributed by atoms with E-state index in [4.69, 9.17) is 0 Å². The fourth-order valence-electron chi connectivity index (χ4n) is 3.28. The van der Waals surface area contributed by atoms with Crippen LogP contribution in [0.3, 0.4) is 0 Å². The van der Waals surface area contributed by atoms with Gasteiger partial charge in [0, 0.05) is 58.9 Å². The number of benzene rings is 1. The van der Waals surface area contributed by atoms with E-state index in [-0.39, 0.29) is 0 Å². The molecule has 30 heavy (non-hydrogen) atoms. The lowest BCUT2D eigenvalue weighted by atomic mass is 10.0. The predicted octanol–water partition coefficient (Wildman–Crippen LogP) is 1.95. The molecule has 0 radical (unpaired) electrons. The minimum Gasteiger partial charge on any atom is -0.315 e. The molecule has 0 saturated heterocycles. The Morgan fingerprint density at radius 2 is 0.667 bits per heavy atom. The van der Waals surface area contributed by atoms with E-state index in [0.29, 0.717) is 0 Å². The molecule has 6 heteroatoms. The van der Waals surface area contributed by atoms with Crippen molar-refractivity contribution in [2.24, 2.45) is 0 Å². The average molecular weight is 421 g/mol. The molecule has 0 aliphatic heterocycles. The smallest absolute Gasteiger partial charge is 0.0206 e. The molecular weight excluding hydrogens is 372 g/mol. The summed E-state index contributed by atoms with van der Waals surface area (Å²) >= 11 is 0. The van der Waals surface area contributed by atoms with Crippen molar-refractivity contribution >= 4 is 0 Å². The second kappa shape index (κ2) is 19.9. The second-order valence-electron chi connectivity index (χ2n) is 7.94. The van der Waals surface area contributed by atoms with Crippen molar-refractivity contribution in [2.75, 3.05) is 58.9 Å². The van der Waals surface area contributed by atoms with Crippen LogP contribution in [0.4, 0.5) is 0 Å². The highest BCUT2D eigenvalue weighted by Crippen LogP contribution is 2.11. The van der Waals surface area contributed by atoms with Crippen LogP contribution < -0.4 is 31.9 Å². The maximum absolute atomic E-state index is 3.57. The number of nitrogens with one attached hydrogen (secondary N) is 6. The standard InChI is InChI=1S/C24H48N6/c1-4-7-25-10-13-28-19-22-16-23(20-29-14-11-26-8-5-2)18-24(17-22)21-30-15-12-27-9-6-3/h16-18,25-30H,4-15,19-21H2,1-3H3. The number of hydrogen-bond acceptors (Lipinski definition) is 6. The van der Waals surface area contributed by atoms with E-state index in [2.05, 4.69) is 70.9 Å². The van der Waals surface area contributed by atoms with E-state index in [0.717, 1.165) is 78.5 Å². The van der Waals surface area contributed by atoms with Crippen molar-refractivity contribution in [2.45, 2.75) is 59.7 Å². The van der Waals surface area contributed by atoms with E-state index < -0.39 is 0 Å². The lowest BCUT2D eigenvalue weighted by molar-refractivity contribution is 0.597. The van der Waals surface area contributed by atoms with Crippen LogP contribution in [0.15, 0.2) is 18.2 Å². The molecule has 0 aliphatic carbocycles. The Morgan fingerprint density at radius 3 is 0.933 bits per heavy atom. The van der Waals surface area contributed by atoms with Crippen LogP contribution in [0.25, 0.3) is 0 Å². The highest BCUT2D eigenvalue weighted by atomic mass is 14.9. The fraction of sp³-hybridized carbons (Fsp3) is 0.750. The van der Waals surface area contributed by atoms with Gasteiger partial charge in [-0.1, -0.05) is 39.0 Å². The monoisotopic (exact) mass is 420 g/mol. The van der Waals surface area contributed by atoms with Gasteiger partial charge < -0.3 is 31.9 Å². The van der Waals surface area contributed by atoms with Crippen LogP contribution in [0.2, 0.25) is 0 Å². The SMILES string of the molecule is CCCNCCNCc1cc(CNCCNCCC)cc(CNCCNCCC)c1. The number of rotatable bonds is 21. The Bertz CT molecular complexity index is 425. The largest absolute Gasteiger partial charge is 0.315 e. The fourth-order valence-corrected chi connectivity index (χ4v) is 3.28. The van der Waals surface area contributed by atoms with Crippen LogP contribution in [0, 0.1) is 0 Å². The first kappa shape index (κ1) is 27.0. The molecule has 0 atom stereocenters. The van der Waals surface area contributed by atoms with Gasteiger partial charge in [0.1, 0.15) is 0 Å². The first-order valence-corrected chi connectivity index (χ1v) is 12.2. The zero-order chi connectivity index (χ0) is 21.7. The Labute approximate surface area is 185 Å². The van der Waals surface area contributed by atoms with Gasteiger partial charge in [-0.3, -0.25) is 0 Å². The summed E-state index contributed by atoms with van der Waals surface area (Å²) < 4.78 is 0. The predicted molar refractivity (Wildman–Crippen MR) is 131 cm³/mol. The van der Waals surface area contributed by atoms with Crippen LogP contribution in [-0.2, 0) is 19.6 Å². The summed E-state index contributed by atoms with van der Waals surface area (Å²) in [5.74, 6) is 0. The first-order valence-electron chi connectivity index (χ1n) is 12.2. The minimum absolute atomic E-state index is 0.921. The van der Waals surface area contributed by atoms with Gasteiger partial charge in [-0.25, -0.2) is 0 Å². The topological polar surface area (TPSA) is 72.2 Å². The van der Waals surface area contributed by atoms with Crippen molar-refractivity contribution < 1.29 is 0 Å². The van der Waals surface area contributed by atoms with Crippen LogP contribution in [-0.4, -0.2) is 58.9 Å². The molecule has 0 fully saturated rings. The summed E-state index contributed by atoms with van der Waals surface area (Å²) in [6, 6.07) is 7.02. The van der Waals surface area contributed by atoms with Gasteiger partial charge in [0.15, 0.2) is 0 Å². The molecule has 6 nitrogen and oxygen atoms in total. The van der Waals surface area contributed by atoms with Gasteiger partial charge >= 0.3 is 0 Å². The molecule has 6 N–H and O–H groups in total. The van der Waals surface area contributed by atoms with Gasteiger partial charge in [0.05, 0.1) is 0 Å². The van der Waals surface area contributed by atoms with Gasteiger partial charge in [0.25, 0.3) is 0 Å². The zero-order valence-corrected chi connectivity index (χ0v) is 19.8. The molecule has 0 amide bonds. The van der Waals surface area contributed by atoms with Crippen molar-refractivity contribution in [1.82, 2.24) is 31.9 Å². The quantitative estimate of drug-likeness (QED) is 0.171. The van der Waals surface area contributed by atoms with Gasteiger partial charge in [0.2, 0.25) is 0 Å². The Hall–Kier alpha value is -1.02. The summed E-state index contributed by atoms with van der Waals surface area (Å²) in [5.41, 5.74) is 4.11. The molecule has 0 bridgehead atoms. The maximum Gasteiger partial charge on any atom is 0.0206 e. The Morgan fingerprint density at radius 1 is 0.400 bits per heavy atom. The van der Waals surface area contributed by atoms with Crippen molar-refractivity contribution in [3.8, 4) is 0 Å². The molecule has 0 saturated carbocycles. The Kier molecular flexibility index (Phi) is 17.9. The zero-order valence-electron chi connectivity index (χ0n) is 19.8. The van der Waals surface area contributed by atoms with E-state index >= 15 is 0 Å². The summed E-state index contributed by atoms with van der Waals surface area (Å²) in [6.07, 6.45) is 3.56. The van der Waals surface area contributed by atoms with E-state index in [9.17, 15) is 0 Å². The summed E-state index contributed by atoms with van der Waals surface area (Å²) in [7, 11) is 0. The number of hydrogen-bond donors (Lipinski definition) is 6. The van der Waals surface area contributed by atoms with E-state index in [1.54, 1.807) is 0 Å². The van der Waals surface area contributed by atoms with Crippen molar-refractivity contribution in [3.05, 3.63) is 34.9 Å². The van der Waals surface area contributed by atoms with Gasteiger partial charge in [-0.05, 0) is 55.6 Å². The molecule has 0 spiro atoms. The van der Waals surface area contributed by atoms with Crippen LogP contribution in [0.5, 0.6) is 0 Å². The van der Waals surface area contributed by atoms with E-state index in [1.807, 2.05) is 0 Å².